The van der Waals surface area contributed by atoms with Crippen LogP contribution in [-0.4, -0.2) is 39.3 Å². The number of phenolic OH excluding ortho intramolecular Hbond substituents is 1. The van der Waals surface area contributed by atoms with Gasteiger partial charge in [-0.05, 0) is 13.0 Å². The summed E-state index contributed by atoms with van der Waals surface area (Å²) in [6.07, 6.45) is -1.48. The minimum Gasteiger partial charge on any atom is -0.508 e. The van der Waals surface area contributed by atoms with Gasteiger partial charge in [-0.1, -0.05) is 0 Å². The molecule has 1 unspecified atom stereocenters. The van der Waals surface area contributed by atoms with Gasteiger partial charge in [-0.15, -0.1) is 0 Å². The number of aliphatic hydroxyl groups excluding tert-OH is 2. The topological polar surface area (TPSA) is 135 Å². The van der Waals surface area contributed by atoms with Gasteiger partial charge in [-0.2, -0.15) is 0 Å². The average molecular weight is 229 g/mol. The van der Waals surface area contributed by atoms with Crippen molar-refractivity contribution in [1.29, 1.82) is 0 Å². The van der Waals surface area contributed by atoms with Crippen LogP contribution in [0.15, 0.2) is 12.1 Å². The van der Waals surface area contributed by atoms with Crippen molar-refractivity contribution in [2.75, 3.05) is 12.3 Å². The molecule has 0 aliphatic heterocycles. The van der Waals surface area contributed by atoms with E-state index in [-0.39, 0.29) is 22.5 Å². The second-order valence-electron chi connectivity index (χ2n) is 3.28. The fourth-order valence-electron chi connectivity index (χ4n) is 1.24. The average Bonchev–Trinajstić information content (AvgIpc) is 2.21. The lowest BCUT2D eigenvalue weighted by molar-refractivity contribution is 0.0586. The standard InChI is InChI=1S/C10H13NO4.H2O/c1-5-7(10(15)9(14)4-12)2-6(11)3-8(5)13;/h2-3,9,12-14H,4,11H2,1H3;1H2. The second kappa shape index (κ2) is 5.45. The summed E-state index contributed by atoms with van der Waals surface area (Å²) in [6.45, 7) is 0.875. The van der Waals surface area contributed by atoms with Gasteiger partial charge in [0.2, 0.25) is 0 Å². The van der Waals surface area contributed by atoms with Gasteiger partial charge in [-0.3, -0.25) is 4.79 Å². The number of aromatic hydroxyl groups is 1. The number of aliphatic hydroxyl groups is 2. The maximum atomic E-state index is 11.5. The van der Waals surface area contributed by atoms with Crippen LogP contribution in [0, 0.1) is 6.92 Å². The smallest absolute Gasteiger partial charge is 0.194 e. The molecule has 6 heteroatoms. The first-order valence-corrected chi connectivity index (χ1v) is 4.39. The Kier molecular flexibility index (Phi) is 4.90. The summed E-state index contributed by atoms with van der Waals surface area (Å²) in [6, 6.07) is 2.67. The van der Waals surface area contributed by atoms with Crippen LogP contribution in [0.3, 0.4) is 0 Å². The third-order valence-corrected chi connectivity index (χ3v) is 2.14. The van der Waals surface area contributed by atoms with E-state index in [1.165, 1.54) is 19.1 Å². The Labute approximate surface area is 92.3 Å². The maximum absolute atomic E-state index is 11.5. The van der Waals surface area contributed by atoms with Gasteiger partial charge in [-0.25, -0.2) is 0 Å². The zero-order valence-electron chi connectivity index (χ0n) is 8.77. The van der Waals surface area contributed by atoms with E-state index in [1.54, 1.807) is 0 Å². The lowest BCUT2D eigenvalue weighted by atomic mass is 10.00. The number of ketones is 1. The molecule has 0 aliphatic rings. The molecule has 0 bridgehead atoms. The molecule has 0 aromatic heterocycles. The van der Waals surface area contributed by atoms with Crippen LogP contribution < -0.4 is 5.73 Å². The van der Waals surface area contributed by atoms with Crippen LogP contribution in [0.2, 0.25) is 0 Å². The van der Waals surface area contributed by atoms with Gasteiger partial charge >= 0.3 is 0 Å². The van der Waals surface area contributed by atoms with E-state index in [4.69, 9.17) is 15.9 Å². The number of hydrogen-bond acceptors (Lipinski definition) is 5. The third-order valence-electron chi connectivity index (χ3n) is 2.14. The van der Waals surface area contributed by atoms with Crippen LogP contribution in [0.25, 0.3) is 0 Å². The fraction of sp³-hybridized carbons (Fsp3) is 0.300. The molecule has 1 atom stereocenters. The predicted molar refractivity (Wildman–Crippen MR) is 58.3 cm³/mol. The molecule has 0 heterocycles. The van der Waals surface area contributed by atoms with Gasteiger partial charge in [0.15, 0.2) is 5.78 Å². The zero-order chi connectivity index (χ0) is 11.6. The molecule has 90 valence electrons. The SMILES string of the molecule is Cc1c(O)cc(N)cc1C(=O)C(O)CO.O. The summed E-state index contributed by atoms with van der Waals surface area (Å²) < 4.78 is 0. The third kappa shape index (κ3) is 2.69. The van der Waals surface area contributed by atoms with Crippen LogP contribution in [0.5, 0.6) is 5.75 Å². The number of rotatable bonds is 3. The molecule has 0 saturated carbocycles. The highest BCUT2D eigenvalue weighted by atomic mass is 16.3. The molecule has 0 radical (unpaired) electrons. The molecule has 1 aromatic rings. The first-order chi connectivity index (χ1) is 6.97. The summed E-state index contributed by atoms with van der Waals surface area (Å²) in [5, 5.41) is 27.2. The second-order valence-corrected chi connectivity index (χ2v) is 3.28. The van der Waals surface area contributed by atoms with E-state index in [0.717, 1.165) is 0 Å². The number of Topliss-reactive ketones (excluding diaryl/α,β-unsaturated/α-hetero) is 1. The first-order valence-electron chi connectivity index (χ1n) is 4.39. The molecule has 0 saturated heterocycles. The Morgan fingerprint density at radius 2 is 2.06 bits per heavy atom. The van der Waals surface area contributed by atoms with Gasteiger partial charge in [0.1, 0.15) is 11.9 Å². The van der Waals surface area contributed by atoms with Crippen molar-refractivity contribution in [3.8, 4) is 5.75 Å². The van der Waals surface area contributed by atoms with Gasteiger partial charge in [0.05, 0.1) is 6.61 Å². The summed E-state index contributed by atoms with van der Waals surface area (Å²) in [7, 11) is 0. The number of carbonyl (C=O) groups excluding carboxylic acids is 1. The number of hydrogen-bond donors (Lipinski definition) is 4. The molecular weight excluding hydrogens is 214 g/mol. The molecular formula is C10H15NO5. The normalized spacial score (nSPS) is 11.7. The Bertz CT molecular complexity index is 391. The van der Waals surface area contributed by atoms with Crippen molar-refractivity contribution in [2.45, 2.75) is 13.0 Å². The van der Waals surface area contributed by atoms with Crippen LogP contribution in [-0.2, 0) is 0 Å². The molecule has 1 rings (SSSR count). The van der Waals surface area contributed by atoms with Crippen molar-refractivity contribution in [3.05, 3.63) is 23.3 Å². The highest BCUT2D eigenvalue weighted by molar-refractivity contribution is 6.01. The van der Waals surface area contributed by atoms with E-state index in [0.29, 0.717) is 5.56 Å². The van der Waals surface area contributed by atoms with Gasteiger partial charge in [0, 0.05) is 22.9 Å². The predicted octanol–water partition coefficient (Wildman–Crippen LogP) is -1.01. The summed E-state index contributed by atoms with van der Waals surface area (Å²) in [4.78, 5) is 11.5. The lowest BCUT2D eigenvalue weighted by Crippen LogP contribution is -2.25. The monoisotopic (exact) mass is 229 g/mol. The number of anilines is 1. The highest BCUT2D eigenvalue weighted by Gasteiger charge is 2.19. The van der Waals surface area contributed by atoms with E-state index in [1.807, 2.05) is 0 Å². The Hall–Kier alpha value is -1.63. The van der Waals surface area contributed by atoms with E-state index >= 15 is 0 Å². The molecule has 16 heavy (non-hydrogen) atoms. The van der Waals surface area contributed by atoms with Gasteiger partial charge in [0.25, 0.3) is 0 Å². The number of carbonyl (C=O) groups is 1. The van der Waals surface area contributed by atoms with E-state index in [9.17, 15) is 9.90 Å². The minimum atomic E-state index is -1.48. The van der Waals surface area contributed by atoms with Crippen molar-refractivity contribution in [1.82, 2.24) is 0 Å². The Balaban J connectivity index is 0.00000225. The highest BCUT2D eigenvalue weighted by Crippen LogP contribution is 2.24. The van der Waals surface area contributed by atoms with Crippen LogP contribution in [0.1, 0.15) is 15.9 Å². The Morgan fingerprint density at radius 3 is 2.56 bits per heavy atom. The largest absolute Gasteiger partial charge is 0.508 e. The van der Waals surface area contributed by atoms with Crippen molar-refractivity contribution in [3.63, 3.8) is 0 Å². The maximum Gasteiger partial charge on any atom is 0.194 e. The van der Waals surface area contributed by atoms with E-state index in [2.05, 4.69) is 0 Å². The van der Waals surface area contributed by atoms with Crippen molar-refractivity contribution < 1.29 is 25.6 Å². The lowest BCUT2D eigenvalue weighted by Gasteiger charge is -2.11. The van der Waals surface area contributed by atoms with Crippen molar-refractivity contribution in [2.24, 2.45) is 0 Å². The molecule has 0 fully saturated rings. The zero-order valence-corrected chi connectivity index (χ0v) is 8.77. The summed E-state index contributed by atoms with van der Waals surface area (Å²) >= 11 is 0. The summed E-state index contributed by atoms with van der Waals surface area (Å²) in [5.74, 6) is -0.763. The molecule has 6 nitrogen and oxygen atoms in total. The molecule has 0 amide bonds. The number of benzene rings is 1. The van der Waals surface area contributed by atoms with Crippen LogP contribution in [0.4, 0.5) is 5.69 Å². The molecule has 7 N–H and O–H groups in total. The number of phenols is 1. The van der Waals surface area contributed by atoms with Crippen molar-refractivity contribution >= 4 is 11.5 Å². The quantitative estimate of drug-likeness (QED) is 0.389. The molecule has 1 aromatic carbocycles. The van der Waals surface area contributed by atoms with E-state index < -0.39 is 18.5 Å². The molecule has 0 spiro atoms. The minimum absolute atomic E-state index is 0. The fourth-order valence-corrected chi connectivity index (χ4v) is 1.24. The number of nitrogen functional groups attached to an aromatic ring is 1. The van der Waals surface area contributed by atoms with Crippen LogP contribution >= 0.6 is 0 Å². The summed E-state index contributed by atoms with van der Waals surface area (Å²) in [5.41, 5.74) is 6.13. The Morgan fingerprint density at radius 1 is 1.50 bits per heavy atom. The first kappa shape index (κ1) is 14.4. The molecule has 0 aliphatic carbocycles. The number of nitrogens with two attached hydrogens (primary N) is 1. The van der Waals surface area contributed by atoms with Gasteiger partial charge < -0.3 is 26.5 Å².